The van der Waals surface area contributed by atoms with Crippen molar-refractivity contribution in [1.82, 2.24) is 25.7 Å². The molecule has 7 rings (SSSR count). The van der Waals surface area contributed by atoms with Crippen molar-refractivity contribution >= 4 is 16.9 Å². The Balaban J connectivity index is 1.07. The van der Waals surface area contributed by atoms with Gasteiger partial charge in [-0.3, -0.25) is 19.8 Å². The monoisotopic (exact) mass is 667 g/mol. The number of furan rings is 1. The fourth-order valence-electron chi connectivity index (χ4n) is 7.98. The third kappa shape index (κ3) is 7.32. The second-order valence-corrected chi connectivity index (χ2v) is 15.3. The Morgan fingerprint density at radius 3 is 2.55 bits per heavy atom. The first-order valence-electron chi connectivity index (χ1n) is 17.5. The number of carbonyl (C=O) groups is 1. The van der Waals surface area contributed by atoms with Crippen molar-refractivity contribution in [1.29, 1.82) is 0 Å². The number of hydrazine groups is 1. The molecule has 3 unspecified atom stereocenters. The number of benzene rings is 3. The molecule has 1 saturated heterocycles. The van der Waals surface area contributed by atoms with Gasteiger partial charge < -0.3 is 19.9 Å². The van der Waals surface area contributed by atoms with Crippen LogP contribution in [0.1, 0.15) is 68.0 Å². The van der Waals surface area contributed by atoms with Crippen LogP contribution >= 0.6 is 0 Å². The summed E-state index contributed by atoms with van der Waals surface area (Å²) < 4.78 is 6.10. The van der Waals surface area contributed by atoms with E-state index in [0.717, 1.165) is 40.0 Å². The lowest BCUT2D eigenvalue weighted by atomic mass is 9.90. The van der Waals surface area contributed by atoms with Gasteiger partial charge in [0.05, 0.1) is 30.2 Å². The number of para-hydroxylation sites is 1. The first-order valence-corrected chi connectivity index (χ1v) is 17.5. The molecule has 260 valence electrons. The normalized spacial score (nSPS) is 26.6. The van der Waals surface area contributed by atoms with Gasteiger partial charge in [0.2, 0.25) is 5.91 Å². The average Bonchev–Trinajstić information content (AvgIpc) is 3.50. The summed E-state index contributed by atoms with van der Waals surface area (Å²) in [7, 11) is 0. The number of aliphatic hydroxyl groups excluding tert-OH is 2. The molecule has 4 aromatic rings. The largest absolute Gasteiger partial charge is 0.460 e. The molecule has 1 amide bonds. The van der Waals surface area contributed by atoms with Gasteiger partial charge in [0.1, 0.15) is 17.5 Å². The zero-order valence-electron chi connectivity index (χ0n) is 28.6. The maximum Gasteiger partial charge on any atom is 0.227 e. The molecule has 0 radical (unpaired) electrons. The highest BCUT2D eigenvalue weighted by molar-refractivity contribution is 5.88. The Labute approximate surface area is 288 Å². The van der Waals surface area contributed by atoms with E-state index in [9.17, 15) is 20.2 Å². The maximum absolute atomic E-state index is 14.2. The summed E-state index contributed by atoms with van der Waals surface area (Å²) in [5, 5.41) is 39.5. The quantitative estimate of drug-likeness (QED) is 0.146. The highest BCUT2D eigenvalue weighted by Gasteiger charge is 2.61. The van der Waals surface area contributed by atoms with Crippen LogP contribution in [0.2, 0.25) is 0 Å². The number of hydrogen-bond acceptors (Lipinski definition) is 9. The predicted molar refractivity (Wildman–Crippen MR) is 187 cm³/mol. The van der Waals surface area contributed by atoms with Crippen molar-refractivity contribution in [2.24, 2.45) is 5.41 Å². The van der Waals surface area contributed by atoms with Gasteiger partial charge in [0, 0.05) is 43.5 Å². The minimum absolute atomic E-state index is 0.0366. The summed E-state index contributed by atoms with van der Waals surface area (Å²) in [6.07, 6.45) is -0.578. The highest BCUT2D eigenvalue weighted by Crippen LogP contribution is 2.62. The van der Waals surface area contributed by atoms with Crippen LogP contribution in [0.5, 0.6) is 0 Å². The third-order valence-electron chi connectivity index (χ3n) is 10.4. The number of aliphatic hydroxyl groups is 2. The molecular weight excluding hydrogens is 618 g/mol. The second kappa shape index (κ2) is 13.6. The van der Waals surface area contributed by atoms with Crippen LogP contribution < -0.4 is 10.7 Å². The van der Waals surface area contributed by atoms with Crippen LogP contribution in [0.3, 0.4) is 0 Å². The summed E-state index contributed by atoms with van der Waals surface area (Å²) in [5.41, 5.74) is 5.92. The van der Waals surface area contributed by atoms with Crippen molar-refractivity contribution in [2.45, 2.75) is 82.5 Å². The number of piperazine rings is 1. The van der Waals surface area contributed by atoms with Crippen molar-refractivity contribution in [2.75, 3.05) is 26.2 Å². The van der Waals surface area contributed by atoms with Crippen molar-refractivity contribution in [3.8, 4) is 0 Å². The molecule has 2 aliphatic carbocycles. The highest BCUT2D eigenvalue weighted by atomic mass is 16.5. The number of hydrogen-bond donors (Lipinski definition) is 5. The molecule has 0 spiro atoms. The van der Waals surface area contributed by atoms with Gasteiger partial charge in [-0.25, -0.2) is 5.43 Å². The van der Waals surface area contributed by atoms with Crippen LogP contribution in [-0.4, -0.2) is 86.4 Å². The van der Waals surface area contributed by atoms with Gasteiger partial charge in [-0.1, -0.05) is 72.8 Å². The van der Waals surface area contributed by atoms with Gasteiger partial charge >= 0.3 is 0 Å². The van der Waals surface area contributed by atoms with Crippen LogP contribution in [0.15, 0.2) is 89.3 Å². The SMILES string of the molecule is CC(C)(C)NN(O)C1CN(Cc2cc3ccccc3o2)CCN1C[C@@H](O)C[C@]1(C(=O)NC2c3ccccc3C[C@H]2O)CC1c1ccccc1. The fourth-order valence-corrected chi connectivity index (χ4v) is 7.98. The predicted octanol–water partition coefficient (Wildman–Crippen LogP) is 4.57. The molecule has 3 aromatic carbocycles. The van der Waals surface area contributed by atoms with E-state index in [2.05, 4.69) is 26.6 Å². The zero-order valence-corrected chi connectivity index (χ0v) is 28.6. The Morgan fingerprint density at radius 2 is 1.78 bits per heavy atom. The van der Waals surface area contributed by atoms with Crippen LogP contribution in [0.25, 0.3) is 11.0 Å². The Morgan fingerprint density at radius 1 is 1.04 bits per heavy atom. The number of fused-ring (bicyclic) bond motifs is 2. The van der Waals surface area contributed by atoms with E-state index in [1.165, 1.54) is 5.17 Å². The van der Waals surface area contributed by atoms with Gasteiger partial charge in [-0.05, 0) is 68.4 Å². The van der Waals surface area contributed by atoms with Gasteiger partial charge in [0.25, 0.3) is 0 Å². The van der Waals surface area contributed by atoms with Crippen molar-refractivity contribution < 1.29 is 24.6 Å². The van der Waals surface area contributed by atoms with Gasteiger partial charge in [0.15, 0.2) is 0 Å². The standard InChI is InChI=1S/C39H49N5O5/c1-38(2,3)41-44(48)35-25-42(24-30-19-28-14-8-10-16-34(28)49-30)17-18-43(35)23-29(45)21-39(22-32(39)26-11-5-4-6-12-26)37(47)40-36-31-15-9-7-13-27(31)20-33(36)46/h4-16,19,29,32-33,35-36,41,45-46,48H,17-18,20-25H2,1-3H3,(H,40,47)/t29-,32?,33+,35?,36?,39-/m0/s1. The first-order chi connectivity index (χ1) is 23.5. The van der Waals surface area contributed by atoms with Gasteiger partial charge in [-0.2, -0.15) is 0 Å². The van der Waals surface area contributed by atoms with E-state index < -0.39 is 29.8 Å². The molecule has 10 nitrogen and oxygen atoms in total. The minimum atomic E-state index is -0.826. The lowest BCUT2D eigenvalue weighted by Crippen LogP contribution is -2.65. The van der Waals surface area contributed by atoms with Crippen LogP contribution in [-0.2, 0) is 17.8 Å². The summed E-state index contributed by atoms with van der Waals surface area (Å²) >= 11 is 0. The third-order valence-corrected chi connectivity index (χ3v) is 10.4. The molecule has 6 atom stereocenters. The van der Waals surface area contributed by atoms with Crippen LogP contribution in [0.4, 0.5) is 0 Å². The molecule has 3 aliphatic rings. The second-order valence-electron chi connectivity index (χ2n) is 15.3. The molecule has 1 aliphatic heterocycles. The number of hydroxylamine groups is 1. The topological polar surface area (TPSA) is 125 Å². The van der Waals surface area contributed by atoms with E-state index in [4.69, 9.17) is 4.42 Å². The molecule has 49 heavy (non-hydrogen) atoms. The van der Waals surface area contributed by atoms with E-state index in [0.29, 0.717) is 32.5 Å². The van der Waals surface area contributed by atoms with Crippen molar-refractivity contribution in [3.63, 3.8) is 0 Å². The first kappa shape index (κ1) is 33.9. The minimum Gasteiger partial charge on any atom is -0.460 e. The summed E-state index contributed by atoms with van der Waals surface area (Å²) in [6.45, 7) is 8.70. The summed E-state index contributed by atoms with van der Waals surface area (Å²) in [6, 6.07) is 27.4. The molecule has 2 heterocycles. The van der Waals surface area contributed by atoms with E-state index in [1.54, 1.807) is 0 Å². The fraction of sp³-hybridized carbons (Fsp3) is 0.462. The molecule has 2 fully saturated rings. The molecule has 1 saturated carbocycles. The van der Waals surface area contributed by atoms with Crippen LogP contribution in [0, 0.1) is 5.41 Å². The number of nitrogens with one attached hydrogen (secondary N) is 2. The number of rotatable bonds is 11. The maximum atomic E-state index is 14.2. The number of carbonyl (C=O) groups excluding carboxylic acids is 1. The summed E-state index contributed by atoms with van der Waals surface area (Å²) in [4.78, 5) is 18.6. The average molecular weight is 668 g/mol. The Bertz CT molecular complexity index is 1720. The van der Waals surface area contributed by atoms with E-state index in [1.807, 2.05) is 99.6 Å². The summed E-state index contributed by atoms with van der Waals surface area (Å²) in [5.74, 6) is 0.697. The lowest BCUT2D eigenvalue weighted by Gasteiger charge is -2.46. The molecule has 1 aromatic heterocycles. The lowest BCUT2D eigenvalue weighted by molar-refractivity contribution is -0.238. The smallest absolute Gasteiger partial charge is 0.227 e. The van der Waals surface area contributed by atoms with E-state index >= 15 is 0 Å². The molecule has 10 heteroatoms. The molecule has 5 N–H and O–H groups in total. The number of amides is 1. The van der Waals surface area contributed by atoms with E-state index in [-0.39, 0.29) is 30.3 Å². The Kier molecular flexibility index (Phi) is 9.40. The number of β-amino-alcohol motifs (C(OH)–C–C–N with tert-alkyl or cyclic N) is 1. The number of nitrogens with zero attached hydrogens (tertiary/aromatic N) is 3. The zero-order chi connectivity index (χ0) is 34.3. The van der Waals surface area contributed by atoms with Crippen molar-refractivity contribution in [3.05, 3.63) is 107 Å². The van der Waals surface area contributed by atoms with Gasteiger partial charge in [-0.15, -0.1) is 5.17 Å². The molecule has 0 bridgehead atoms. The molecular formula is C39H49N5O5. The Hall–Kier alpha value is -3.61.